The van der Waals surface area contributed by atoms with E-state index in [1.54, 1.807) is 0 Å². The van der Waals surface area contributed by atoms with Crippen LogP contribution in [0.5, 0.6) is 0 Å². The van der Waals surface area contributed by atoms with Gasteiger partial charge in [-0.2, -0.15) is 17.4 Å². The number of carbonyl (C=O) groups excluding carboxylic acids is 1. The first-order valence-corrected chi connectivity index (χ1v) is 9.43. The molecule has 6 nitrogen and oxygen atoms in total. The fourth-order valence-corrected chi connectivity index (χ4v) is 4.17. The van der Waals surface area contributed by atoms with Crippen LogP contribution in [0.1, 0.15) is 39.5 Å². The van der Waals surface area contributed by atoms with Crippen molar-refractivity contribution in [1.29, 1.82) is 0 Å². The van der Waals surface area contributed by atoms with Gasteiger partial charge in [-0.15, -0.1) is 0 Å². The number of hydrogen-bond donors (Lipinski definition) is 1. The number of hydrogen-bond acceptors (Lipinski definition) is 4. The van der Waals surface area contributed by atoms with Crippen LogP contribution in [0, 0.1) is 11.8 Å². The van der Waals surface area contributed by atoms with Crippen molar-refractivity contribution in [1.82, 2.24) is 9.03 Å². The summed E-state index contributed by atoms with van der Waals surface area (Å²) in [4.78, 5) is 12.0. The van der Waals surface area contributed by atoms with Gasteiger partial charge in [0.25, 0.3) is 10.2 Å². The van der Waals surface area contributed by atoms with Crippen LogP contribution in [0.4, 0.5) is 0 Å². The molecule has 1 aliphatic heterocycles. The number of carbonyl (C=O) groups is 1. The van der Waals surface area contributed by atoms with Gasteiger partial charge >= 0.3 is 5.97 Å². The van der Waals surface area contributed by atoms with E-state index < -0.39 is 10.2 Å². The maximum atomic E-state index is 12.3. The van der Waals surface area contributed by atoms with Gasteiger partial charge in [0.2, 0.25) is 0 Å². The monoisotopic (exact) mass is 330 g/mol. The van der Waals surface area contributed by atoms with Gasteiger partial charge in [-0.3, -0.25) is 4.79 Å². The Morgan fingerprint density at radius 2 is 2.05 bits per heavy atom. The highest BCUT2D eigenvalue weighted by Gasteiger charge is 2.31. The van der Waals surface area contributed by atoms with Crippen LogP contribution in [0.25, 0.3) is 0 Å². The molecule has 0 aromatic heterocycles. The number of nitrogens with one attached hydrogen (secondary N) is 1. The predicted octanol–water partition coefficient (Wildman–Crippen LogP) is 1.45. The molecule has 0 spiro atoms. The topological polar surface area (TPSA) is 75.7 Å². The molecule has 2 rings (SSSR count). The first-order valence-electron chi connectivity index (χ1n) is 7.99. The van der Waals surface area contributed by atoms with E-state index in [1.165, 1.54) is 4.31 Å². The highest BCUT2D eigenvalue weighted by molar-refractivity contribution is 7.87. The zero-order valence-electron chi connectivity index (χ0n) is 13.3. The molecular weight excluding hydrogens is 304 g/mol. The van der Waals surface area contributed by atoms with E-state index >= 15 is 0 Å². The summed E-state index contributed by atoms with van der Waals surface area (Å²) in [5.74, 6) is -0.203. The van der Waals surface area contributed by atoms with Gasteiger partial charge in [-0.05, 0) is 31.6 Å². The molecule has 2 aliphatic rings. The van der Waals surface area contributed by atoms with E-state index in [0.29, 0.717) is 38.5 Å². The van der Waals surface area contributed by atoms with Crippen molar-refractivity contribution in [3.05, 3.63) is 12.2 Å². The fourth-order valence-electron chi connectivity index (χ4n) is 2.73. The second kappa shape index (κ2) is 7.57. The molecule has 0 bridgehead atoms. The average molecular weight is 330 g/mol. The quantitative estimate of drug-likeness (QED) is 0.591. The highest BCUT2D eigenvalue weighted by Crippen LogP contribution is 2.22. The van der Waals surface area contributed by atoms with Gasteiger partial charge < -0.3 is 4.74 Å². The third-order valence-electron chi connectivity index (χ3n) is 3.92. The van der Waals surface area contributed by atoms with E-state index in [-0.39, 0.29) is 17.9 Å². The number of allylic oxidation sites excluding steroid dienone is 1. The SMILES string of the molecule is CC(C)COC(=O)C1CC=C[C@H](NS(=O)(=O)N2CCCC2)C1. The minimum atomic E-state index is -3.45. The summed E-state index contributed by atoms with van der Waals surface area (Å²) in [5, 5.41) is 0. The lowest BCUT2D eigenvalue weighted by molar-refractivity contribution is -0.150. The molecular formula is C15H26N2O4S. The third kappa shape index (κ3) is 4.79. The molecule has 126 valence electrons. The van der Waals surface area contributed by atoms with Crippen LogP contribution in [-0.2, 0) is 19.7 Å². The fraction of sp³-hybridized carbons (Fsp3) is 0.800. The van der Waals surface area contributed by atoms with Gasteiger partial charge in [-0.25, -0.2) is 0 Å². The van der Waals surface area contributed by atoms with Crippen LogP contribution in [-0.4, -0.2) is 44.4 Å². The molecule has 1 saturated heterocycles. The van der Waals surface area contributed by atoms with E-state index in [9.17, 15) is 13.2 Å². The molecule has 1 fully saturated rings. The molecule has 0 saturated carbocycles. The van der Waals surface area contributed by atoms with E-state index in [4.69, 9.17) is 4.74 Å². The Kier molecular flexibility index (Phi) is 6.00. The number of rotatable bonds is 6. The minimum absolute atomic E-state index is 0.233. The van der Waals surface area contributed by atoms with Gasteiger partial charge in [0.05, 0.1) is 12.5 Å². The first kappa shape index (κ1) is 17.4. The lowest BCUT2D eigenvalue weighted by Crippen LogP contribution is -2.45. The second-order valence-corrected chi connectivity index (χ2v) is 8.16. The van der Waals surface area contributed by atoms with Crippen LogP contribution < -0.4 is 4.72 Å². The lowest BCUT2D eigenvalue weighted by atomic mass is 9.91. The molecule has 1 N–H and O–H groups in total. The molecule has 7 heteroatoms. The van der Waals surface area contributed by atoms with Crippen LogP contribution in [0.2, 0.25) is 0 Å². The summed E-state index contributed by atoms with van der Waals surface area (Å²) in [6, 6.07) is -0.337. The Balaban J connectivity index is 1.89. The van der Waals surface area contributed by atoms with Crippen molar-refractivity contribution in [2.24, 2.45) is 11.8 Å². The molecule has 22 heavy (non-hydrogen) atoms. The maximum Gasteiger partial charge on any atom is 0.309 e. The van der Waals surface area contributed by atoms with Crippen LogP contribution in [0.15, 0.2) is 12.2 Å². The zero-order chi connectivity index (χ0) is 16.2. The molecule has 1 aliphatic carbocycles. The summed E-state index contributed by atoms with van der Waals surface area (Å²) in [7, 11) is -3.45. The van der Waals surface area contributed by atoms with E-state index in [1.807, 2.05) is 26.0 Å². The molecule has 0 amide bonds. The van der Waals surface area contributed by atoms with Crippen LogP contribution in [0.3, 0.4) is 0 Å². The smallest absolute Gasteiger partial charge is 0.309 e. The average Bonchev–Trinajstić information content (AvgIpc) is 2.99. The molecule has 1 heterocycles. The van der Waals surface area contributed by atoms with E-state index in [0.717, 1.165) is 12.8 Å². The maximum absolute atomic E-state index is 12.3. The number of esters is 1. The van der Waals surface area contributed by atoms with Crippen molar-refractivity contribution in [2.75, 3.05) is 19.7 Å². The Hall–Kier alpha value is -0.920. The zero-order valence-corrected chi connectivity index (χ0v) is 14.1. The summed E-state index contributed by atoms with van der Waals surface area (Å²) in [6.07, 6.45) is 6.58. The van der Waals surface area contributed by atoms with Gasteiger partial charge in [0.15, 0.2) is 0 Å². The Bertz CT molecular complexity index is 510. The normalized spacial score (nSPS) is 26.5. The summed E-state index contributed by atoms with van der Waals surface area (Å²) < 4.78 is 33.9. The standard InChI is InChI=1S/C15H26N2O4S/c1-12(2)11-21-15(18)13-6-5-7-14(10-13)16-22(19,20)17-8-3-4-9-17/h5,7,12-14,16H,3-4,6,8-11H2,1-2H3/t13?,14-/m0/s1. The predicted molar refractivity (Wildman–Crippen MR) is 84.3 cm³/mol. The van der Waals surface area contributed by atoms with Gasteiger partial charge in [0.1, 0.15) is 0 Å². The first-order chi connectivity index (χ1) is 10.4. The summed E-state index contributed by atoms with van der Waals surface area (Å²) in [5.41, 5.74) is 0. The largest absolute Gasteiger partial charge is 0.465 e. The van der Waals surface area contributed by atoms with Crippen LogP contribution >= 0.6 is 0 Å². The third-order valence-corrected chi connectivity index (χ3v) is 5.57. The molecule has 0 aromatic carbocycles. The van der Waals surface area contributed by atoms with Crippen molar-refractivity contribution < 1.29 is 17.9 Å². The minimum Gasteiger partial charge on any atom is -0.465 e. The van der Waals surface area contributed by atoms with Crippen molar-refractivity contribution in [3.8, 4) is 0 Å². The molecule has 2 atom stereocenters. The van der Waals surface area contributed by atoms with E-state index in [2.05, 4.69) is 4.72 Å². The van der Waals surface area contributed by atoms with Gasteiger partial charge in [0, 0.05) is 19.1 Å². The van der Waals surface area contributed by atoms with Crippen molar-refractivity contribution in [3.63, 3.8) is 0 Å². The Morgan fingerprint density at radius 1 is 1.36 bits per heavy atom. The molecule has 0 aromatic rings. The second-order valence-electron chi connectivity index (χ2n) is 6.46. The summed E-state index contributed by atoms with van der Waals surface area (Å²) in [6.45, 7) is 5.53. The lowest BCUT2D eigenvalue weighted by Gasteiger charge is -2.26. The van der Waals surface area contributed by atoms with Crippen molar-refractivity contribution in [2.45, 2.75) is 45.6 Å². The number of nitrogens with zero attached hydrogens (tertiary/aromatic N) is 1. The Morgan fingerprint density at radius 3 is 2.68 bits per heavy atom. The number of ether oxygens (including phenoxy) is 1. The highest BCUT2D eigenvalue weighted by atomic mass is 32.2. The molecule has 1 unspecified atom stereocenters. The summed E-state index contributed by atoms with van der Waals surface area (Å²) >= 11 is 0. The molecule has 0 radical (unpaired) electrons. The Labute approximate surface area is 133 Å². The van der Waals surface area contributed by atoms with Gasteiger partial charge in [-0.1, -0.05) is 26.0 Å². The van der Waals surface area contributed by atoms with Crippen molar-refractivity contribution >= 4 is 16.2 Å².